The smallest absolute Gasteiger partial charge is 0.235 e. The lowest BCUT2D eigenvalue weighted by Gasteiger charge is -2.52. The molecule has 0 heterocycles. The van der Waals surface area contributed by atoms with Gasteiger partial charge in [-0.3, -0.25) is 33.7 Å². The van der Waals surface area contributed by atoms with Crippen LogP contribution in [0.15, 0.2) is 36.4 Å². The van der Waals surface area contributed by atoms with E-state index in [1.165, 1.54) is 11.0 Å². The Morgan fingerprint density at radius 2 is 1.69 bits per heavy atom. The van der Waals surface area contributed by atoms with Crippen LogP contribution in [0.2, 0.25) is 0 Å². The minimum absolute atomic E-state index is 0.0193. The Kier molecular flexibility index (Phi) is 7.27. The van der Waals surface area contributed by atoms with Gasteiger partial charge in [0, 0.05) is 18.3 Å². The molecule has 0 saturated heterocycles. The molecule has 0 aromatic heterocycles. The normalized spacial score (nSPS) is 29.5. The van der Waals surface area contributed by atoms with Crippen LogP contribution in [0.4, 0.5) is 0 Å². The Hall–Kier alpha value is -4.02. The predicted molar refractivity (Wildman–Crippen MR) is 151 cm³/mol. The number of Topliss-reactive ketones (excluding diaryl/α,β-unsaturated/α-hetero) is 5. The van der Waals surface area contributed by atoms with Gasteiger partial charge in [0.05, 0.1) is 17.5 Å². The standard InChI is InChI=1S/C32H34N2O8/c1-5-21(35)14(2)15-6-8-16(9-7-15)18-10-11-22(36)24-19(18)12-17-13-20-26(34(3)4)28(38)25(31(33)41)30(40)32(20,42)29(39)23(17)27(24)37/h6-11,14,17,20,23,25-26,36,42H,5,12-13H2,1-4H3,(H2,33,41)/t14?,17-,20-,23?,25?,26-,32-/m1/s1. The quantitative estimate of drug-likeness (QED) is 0.434. The van der Waals surface area contributed by atoms with Crippen molar-refractivity contribution < 1.29 is 39.0 Å². The van der Waals surface area contributed by atoms with Crippen LogP contribution in [-0.4, -0.2) is 75.7 Å². The molecule has 0 radical (unpaired) electrons. The first-order valence-electron chi connectivity index (χ1n) is 14.1. The van der Waals surface area contributed by atoms with Crippen molar-refractivity contribution in [1.29, 1.82) is 0 Å². The summed E-state index contributed by atoms with van der Waals surface area (Å²) in [4.78, 5) is 80.3. The first-order valence-corrected chi connectivity index (χ1v) is 14.1. The lowest BCUT2D eigenvalue weighted by atomic mass is 9.52. The molecular weight excluding hydrogens is 540 g/mol. The lowest BCUT2D eigenvalue weighted by molar-refractivity contribution is -0.181. The third-order valence-electron chi connectivity index (χ3n) is 9.50. The van der Waals surface area contributed by atoms with Crippen LogP contribution in [-0.2, 0) is 30.4 Å². The second-order valence-corrected chi connectivity index (χ2v) is 11.9. The number of carbonyl (C=O) groups is 6. The van der Waals surface area contributed by atoms with Crippen molar-refractivity contribution >= 4 is 34.8 Å². The van der Waals surface area contributed by atoms with Crippen LogP contribution in [0.3, 0.4) is 0 Å². The van der Waals surface area contributed by atoms with Crippen LogP contribution in [0.1, 0.15) is 54.1 Å². The van der Waals surface area contributed by atoms with Gasteiger partial charge in [0.1, 0.15) is 11.5 Å². The van der Waals surface area contributed by atoms with E-state index < -0.39 is 64.4 Å². The number of benzene rings is 2. The van der Waals surface area contributed by atoms with Crippen molar-refractivity contribution in [2.75, 3.05) is 14.1 Å². The number of primary amides is 1. The van der Waals surface area contributed by atoms with Crippen molar-refractivity contribution in [2.24, 2.45) is 29.4 Å². The van der Waals surface area contributed by atoms with E-state index in [0.717, 1.165) is 11.1 Å². The maximum atomic E-state index is 14.0. The monoisotopic (exact) mass is 574 g/mol. The second kappa shape index (κ2) is 10.4. The molecule has 7 atom stereocenters. The van der Waals surface area contributed by atoms with E-state index in [2.05, 4.69) is 0 Å². The van der Waals surface area contributed by atoms with Crippen molar-refractivity contribution in [3.8, 4) is 16.9 Å². The molecule has 2 fully saturated rings. The molecule has 1 amide bonds. The SMILES string of the molecule is CCC(=O)C(C)c1ccc(-c2ccc(O)c3c2C[C@@H]2C[C@@H]4[C@@H](N(C)C)C(=O)C(C(N)=O)C(=O)[C@]4(O)C(=O)C2C3=O)cc1. The third kappa shape index (κ3) is 4.15. The van der Waals surface area contributed by atoms with Gasteiger partial charge in [-0.1, -0.05) is 44.2 Å². The number of hydrogen-bond acceptors (Lipinski definition) is 9. The van der Waals surface area contributed by atoms with Gasteiger partial charge in [-0.05, 0) is 61.2 Å². The van der Waals surface area contributed by atoms with E-state index in [0.29, 0.717) is 17.5 Å². The fourth-order valence-electron chi connectivity index (χ4n) is 7.32. The van der Waals surface area contributed by atoms with Gasteiger partial charge in [0.25, 0.3) is 0 Å². The molecule has 3 aliphatic carbocycles. The molecule has 5 rings (SSSR count). The number of phenols is 1. The van der Waals surface area contributed by atoms with Crippen molar-refractivity contribution in [1.82, 2.24) is 4.90 Å². The fraction of sp³-hybridized carbons (Fsp3) is 0.438. The molecule has 0 spiro atoms. The minimum atomic E-state index is -2.76. The fourth-order valence-corrected chi connectivity index (χ4v) is 7.32. The van der Waals surface area contributed by atoms with Gasteiger partial charge >= 0.3 is 0 Å². The number of likely N-dealkylation sites (N-methyl/N-ethyl adjacent to an activating group) is 1. The van der Waals surface area contributed by atoms with Crippen molar-refractivity contribution in [3.05, 3.63) is 53.1 Å². The van der Waals surface area contributed by atoms with Gasteiger partial charge in [-0.15, -0.1) is 0 Å². The second-order valence-electron chi connectivity index (χ2n) is 11.9. The highest BCUT2D eigenvalue weighted by Crippen LogP contribution is 2.51. The number of hydrogen-bond donors (Lipinski definition) is 3. The Labute approximate surface area is 242 Å². The summed E-state index contributed by atoms with van der Waals surface area (Å²) >= 11 is 0. The van der Waals surface area contributed by atoms with E-state index in [-0.39, 0.29) is 35.9 Å². The van der Waals surface area contributed by atoms with E-state index in [1.807, 2.05) is 38.1 Å². The molecule has 2 saturated carbocycles. The Morgan fingerprint density at radius 3 is 2.26 bits per heavy atom. The zero-order valence-corrected chi connectivity index (χ0v) is 23.9. The number of phenolic OH excluding ortho intramolecular Hbond substituents is 1. The molecular formula is C32H34N2O8. The molecule has 3 aliphatic rings. The summed E-state index contributed by atoms with van der Waals surface area (Å²) in [6.07, 6.45) is 0.569. The number of aliphatic hydroxyl groups is 1. The van der Waals surface area contributed by atoms with Gasteiger partial charge in [-0.25, -0.2) is 0 Å². The van der Waals surface area contributed by atoms with Gasteiger partial charge in [0.15, 0.2) is 34.7 Å². The number of nitrogens with zero attached hydrogens (tertiary/aromatic N) is 1. The number of ketones is 5. The summed E-state index contributed by atoms with van der Waals surface area (Å²) in [5, 5.41) is 22.5. The number of carbonyl (C=O) groups excluding carboxylic acids is 6. The van der Waals surface area contributed by atoms with Gasteiger partial charge in [-0.2, -0.15) is 0 Å². The summed E-state index contributed by atoms with van der Waals surface area (Å²) in [6.45, 7) is 3.66. The number of rotatable bonds is 6. The largest absolute Gasteiger partial charge is 0.507 e. The zero-order valence-electron chi connectivity index (χ0n) is 23.9. The lowest BCUT2D eigenvalue weighted by Crippen LogP contribution is -2.74. The van der Waals surface area contributed by atoms with Crippen LogP contribution < -0.4 is 5.73 Å². The molecule has 0 aliphatic heterocycles. The van der Waals surface area contributed by atoms with E-state index in [1.54, 1.807) is 20.2 Å². The predicted octanol–water partition coefficient (Wildman–Crippen LogP) is 1.62. The van der Waals surface area contributed by atoms with Gasteiger partial charge in [0.2, 0.25) is 5.91 Å². The Morgan fingerprint density at radius 1 is 1.05 bits per heavy atom. The average Bonchev–Trinajstić information content (AvgIpc) is 2.94. The average molecular weight is 575 g/mol. The third-order valence-corrected chi connectivity index (χ3v) is 9.50. The molecule has 42 heavy (non-hydrogen) atoms. The van der Waals surface area contributed by atoms with Gasteiger partial charge < -0.3 is 15.9 Å². The van der Waals surface area contributed by atoms with E-state index in [9.17, 15) is 39.0 Å². The highest BCUT2D eigenvalue weighted by Gasteiger charge is 2.69. The highest BCUT2D eigenvalue weighted by atomic mass is 16.3. The summed E-state index contributed by atoms with van der Waals surface area (Å²) in [5.74, 6) is -10.9. The number of nitrogens with two attached hydrogens (primary N) is 1. The minimum Gasteiger partial charge on any atom is -0.507 e. The summed E-state index contributed by atoms with van der Waals surface area (Å²) in [6, 6.07) is 9.27. The van der Waals surface area contributed by atoms with E-state index in [4.69, 9.17) is 5.73 Å². The number of fused-ring (bicyclic) bond motifs is 3. The maximum absolute atomic E-state index is 14.0. The first-order chi connectivity index (χ1) is 19.7. The highest BCUT2D eigenvalue weighted by molar-refractivity contribution is 6.32. The molecule has 2 aromatic carbocycles. The molecule has 3 unspecified atom stereocenters. The summed E-state index contributed by atoms with van der Waals surface area (Å²) in [7, 11) is 3.09. The molecule has 2 aromatic rings. The first kappa shape index (κ1) is 29.5. The molecule has 10 heteroatoms. The number of aromatic hydroxyl groups is 1. The molecule has 4 N–H and O–H groups in total. The molecule has 10 nitrogen and oxygen atoms in total. The maximum Gasteiger partial charge on any atom is 0.235 e. The van der Waals surface area contributed by atoms with Crippen LogP contribution >= 0.6 is 0 Å². The molecule has 220 valence electrons. The topological polar surface area (TPSA) is 172 Å². The summed E-state index contributed by atoms with van der Waals surface area (Å²) < 4.78 is 0. The number of amides is 1. The Bertz CT molecular complexity index is 1540. The van der Waals surface area contributed by atoms with Crippen LogP contribution in [0.5, 0.6) is 5.75 Å². The Balaban J connectivity index is 1.59. The van der Waals surface area contributed by atoms with Crippen LogP contribution in [0.25, 0.3) is 11.1 Å². The van der Waals surface area contributed by atoms with Crippen molar-refractivity contribution in [2.45, 2.75) is 50.7 Å². The van der Waals surface area contributed by atoms with Crippen LogP contribution in [0, 0.1) is 23.7 Å². The summed E-state index contributed by atoms with van der Waals surface area (Å²) in [5.41, 5.74) is 5.33. The van der Waals surface area contributed by atoms with E-state index >= 15 is 0 Å². The molecule has 0 bridgehead atoms. The van der Waals surface area contributed by atoms with Crippen molar-refractivity contribution in [3.63, 3.8) is 0 Å². The zero-order chi connectivity index (χ0) is 30.8.